The van der Waals surface area contributed by atoms with Gasteiger partial charge in [0.2, 0.25) is 10.0 Å². The van der Waals surface area contributed by atoms with Crippen molar-refractivity contribution in [2.75, 3.05) is 13.1 Å². The minimum atomic E-state index is -3.72. The van der Waals surface area contributed by atoms with Crippen LogP contribution in [0.1, 0.15) is 23.2 Å². The van der Waals surface area contributed by atoms with E-state index in [1.54, 1.807) is 24.3 Å². The molecule has 8 heteroatoms. The second-order valence-corrected chi connectivity index (χ2v) is 8.10. The van der Waals surface area contributed by atoms with E-state index in [4.69, 9.17) is 0 Å². The van der Waals surface area contributed by atoms with Crippen molar-refractivity contribution in [1.82, 2.24) is 4.31 Å². The van der Waals surface area contributed by atoms with Crippen molar-refractivity contribution in [3.8, 4) is 0 Å². The molecule has 0 unspecified atom stereocenters. The average Bonchev–Trinajstić information content (AvgIpc) is 2.68. The lowest BCUT2D eigenvalue weighted by Crippen LogP contribution is -2.40. The van der Waals surface area contributed by atoms with Gasteiger partial charge in [-0.2, -0.15) is 4.31 Å². The van der Waals surface area contributed by atoms with E-state index >= 15 is 0 Å². The Hall–Kier alpha value is -2.58. The number of nitro benzene ring substituents is 1. The molecule has 1 aliphatic rings. The van der Waals surface area contributed by atoms with E-state index < -0.39 is 14.9 Å². The topological polar surface area (TPSA) is 97.6 Å². The summed E-state index contributed by atoms with van der Waals surface area (Å²) in [6, 6.07) is 13.8. The maximum Gasteiger partial charge on any atom is 0.269 e. The molecule has 0 radical (unpaired) electrons. The highest BCUT2D eigenvalue weighted by Gasteiger charge is 2.32. The number of rotatable bonds is 5. The first-order chi connectivity index (χ1) is 12.4. The molecule has 0 N–H and O–H groups in total. The molecule has 0 spiro atoms. The Morgan fingerprint density at radius 2 is 1.58 bits per heavy atom. The lowest BCUT2D eigenvalue weighted by atomic mass is 9.90. The molecule has 1 fully saturated rings. The SMILES string of the molecule is O=C(c1ccccc1)C1CCN(S(=O)(=O)c2ccc([N+](=O)[O-])cc2)CC1. The van der Waals surface area contributed by atoms with Gasteiger partial charge in [-0.3, -0.25) is 14.9 Å². The molecule has 0 amide bonds. The summed E-state index contributed by atoms with van der Waals surface area (Å²) in [5.74, 6) is -0.154. The normalized spacial score (nSPS) is 16.3. The zero-order valence-corrected chi connectivity index (χ0v) is 14.8. The smallest absolute Gasteiger partial charge is 0.269 e. The van der Waals surface area contributed by atoms with Gasteiger partial charge in [0.25, 0.3) is 5.69 Å². The van der Waals surface area contributed by atoms with Crippen LogP contribution in [0.15, 0.2) is 59.5 Å². The quantitative estimate of drug-likeness (QED) is 0.455. The molecular formula is C18H18N2O5S. The third-order valence-corrected chi connectivity index (χ3v) is 6.48. The van der Waals surface area contributed by atoms with Crippen LogP contribution in [0.3, 0.4) is 0 Å². The first-order valence-electron chi connectivity index (χ1n) is 8.23. The number of sulfonamides is 1. The number of carbonyl (C=O) groups excluding carboxylic acids is 1. The average molecular weight is 374 g/mol. The fourth-order valence-electron chi connectivity index (χ4n) is 3.09. The zero-order valence-electron chi connectivity index (χ0n) is 13.9. The third-order valence-electron chi connectivity index (χ3n) is 4.57. The molecule has 2 aromatic carbocycles. The summed E-state index contributed by atoms with van der Waals surface area (Å²) in [5.41, 5.74) is 0.486. The molecule has 2 aromatic rings. The van der Waals surface area contributed by atoms with Gasteiger partial charge in [0.05, 0.1) is 9.82 Å². The van der Waals surface area contributed by atoms with Crippen molar-refractivity contribution < 1.29 is 18.1 Å². The van der Waals surface area contributed by atoms with Crippen LogP contribution < -0.4 is 0 Å². The van der Waals surface area contributed by atoms with Gasteiger partial charge in [-0.1, -0.05) is 30.3 Å². The maximum absolute atomic E-state index is 12.7. The van der Waals surface area contributed by atoms with E-state index in [-0.39, 0.29) is 35.4 Å². The summed E-state index contributed by atoms with van der Waals surface area (Å²) in [6.07, 6.45) is 0.917. The van der Waals surface area contributed by atoms with Gasteiger partial charge in [0.1, 0.15) is 0 Å². The first-order valence-corrected chi connectivity index (χ1v) is 9.67. The lowest BCUT2D eigenvalue weighted by molar-refractivity contribution is -0.384. The summed E-state index contributed by atoms with van der Waals surface area (Å²) in [6.45, 7) is 0.505. The van der Waals surface area contributed by atoms with Gasteiger partial charge in [0, 0.05) is 36.7 Å². The van der Waals surface area contributed by atoms with Crippen LogP contribution >= 0.6 is 0 Å². The van der Waals surface area contributed by atoms with Crippen molar-refractivity contribution >= 4 is 21.5 Å². The summed E-state index contributed by atoms with van der Waals surface area (Å²) in [4.78, 5) is 22.6. The molecule has 0 atom stereocenters. The van der Waals surface area contributed by atoms with E-state index in [2.05, 4.69) is 0 Å². The van der Waals surface area contributed by atoms with Gasteiger partial charge < -0.3 is 0 Å². The minimum absolute atomic E-state index is 0.0240. The van der Waals surface area contributed by atoms with Crippen LogP contribution in [-0.4, -0.2) is 36.5 Å². The Balaban J connectivity index is 1.68. The number of hydrogen-bond donors (Lipinski definition) is 0. The zero-order chi connectivity index (χ0) is 18.7. The van der Waals surface area contributed by atoms with E-state index in [1.807, 2.05) is 6.07 Å². The van der Waals surface area contributed by atoms with Crippen molar-refractivity contribution in [3.05, 3.63) is 70.3 Å². The van der Waals surface area contributed by atoms with Gasteiger partial charge in [-0.25, -0.2) is 8.42 Å². The monoisotopic (exact) mass is 374 g/mol. The van der Waals surface area contributed by atoms with Gasteiger partial charge in [0.15, 0.2) is 5.78 Å². The number of carbonyl (C=O) groups is 1. The number of ketones is 1. The second kappa shape index (κ2) is 7.35. The first kappa shape index (κ1) is 18.2. The van der Waals surface area contributed by atoms with Crippen molar-refractivity contribution in [2.24, 2.45) is 5.92 Å². The molecule has 0 bridgehead atoms. The molecule has 0 aliphatic carbocycles. The molecule has 1 saturated heterocycles. The predicted molar refractivity (Wildman–Crippen MR) is 95.4 cm³/mol. The highest BCUT2D eigenvalue weighted by atomic mass is 32.2. The van der Waals surface area contributed by atoms with Crippen LogP contribution in [0.25, 0.3) is 0 Å². The molecule has 3 rings (SSSR count). The minimum Gasteiger partial charge on any atom is -0.294 e. The molecule has 0 aromatic heterocycles. The highest BCUT2D eigenvalue weighted by Crippen LogP contribution is 2.27. The van der Waals surface area contributed by atoms with E-state index in [9.17, 15) is 23.3 Å². The maximum atomic E-state index is 12.7. The van der Waals surface area contributed by atoms with Crippen LogP contribution in [0.5, 0.6) is 0 Å². The highest BCUT2D eigenvalue weighted by molar-refractivity contribution is 7.89. The number of hydrogen-bond acceptors (Lipinski definition) is 5. The Bertz CT molecular complexity index is 902. The van der Waals surface area contributed by atoms with Crippen LogP contribution in [0, 0.1) is 16.0 Å². The Labute approximate surface area is 151 Å². The van der Waals surface area contributed by atoms with Gasteiger partial charge in [-0.15, -0.1) is 0 Å². The van der Waals surface area contributed by atoms with E-state index in [0.29, 0.717) is 18.4 Å². The molecule has 1 heterocycles. The third kappa shape index (κ3) is 3.66. The van der Waals surface area contributed by atoms with Crippen LogP contribution in [0.2, 0.25) is 0 Å². The number of benzene rings is 2. The number of nitrogens with zero attached hydrogens (tertiary/aromatic N) is 2. The molecule has 0 saturated carbocycles. The molecular weight excluding hydrogens is 356 g/mol. The summed E-state index contributed by atoms with van der Waals surface area (Å²) >= 11 is 0. The Kier molecular flexibility index (Phi) is 5.15. The molecule has 7 nitrogen and oxygen atoms in total. The predicted octanol–water partition coefficient (Wildman–Crippen LogP) is 2.88. The Morgan fingerprint density at radius 3 is 2.12 bits per heavy atom. The van der Waals surface area contributed by atoms with Gasteiger partial charge >= 0.3 is 0 Å². The van der Waals surface area contributed by atoms with Gasteiger partial charge in [-0.05, 0) is 25.0 Å². The van der Waals surface area contributed by atoms with E-state index in [1.165, 1.54) is 28.6 Å². The van der Waals surface area contributed by atoms with Crippen LogP contribution in [-0.2, 0) is 10.0 Å². The number of nitro groups is 1. The lowest BCUT2D eigenvalue weighted by Gasteiger charge is -2.30. The van der Waals surface area contributed by atoms with Crippen LogP contribution in [0.4, 0.5) is 5.69 Å². The summed E-state index contributed by atoms with van der Waals surface area (Å²) in [5, 5.41) is 10.7. The summed E-state index contributed by atoms with van der Waals surface area (Å²) in [7, 11) is -3.72. The number of non-ortho nitro benzene ring substituents is 1. The van der Waals surface area contributed by atoms with Crippen molar-refractivity contribution in [3.63, 3.8) is 0 Å². The standard InChI is InChI=1S/C18H18N2O5S/c21-18(14-4-2-1-3-5-14)15-10-12-19(13-11-15)26(24,25)17-8-6-16(7-9-17)20(22)23/h1-9,15H,10-13H2. The van der Waals surface area contributed by atoms with E-state index in [0.717, 1.165) is 0 Å². The van der Waals surface area contributed by atoms with Crippen molar-refractivity contribution in [2.45, 2.75) is 17.7 Å². The molecule has 136 valence electrons. The fraction of sp³-hybridized carbons (Fsp3) is 0.278. The number of Topliss-reactive ketones (excluding diaryl/α,β-unsaturated/α-hetero) is 1. The number of piperidine rings is 1. The molecule has 26 heavy (non-hydrogen) atoms. The molecule has 1 aliphatic heterocycles. The second-order valence-electron chi connectivity index (χ2n) is 6.16. The van der Waals surface area contributed by atoms with Crippen molar-refractivity contribution in [1.29, 1.82) is 0 Å². The Morgan fingerprint density at radius 1 is 1.00 bits per heavy atom. The largest absolute Gasteiger partial charge is 0.294 e. The summed E-state index contributed by atoms with van der Waals surface area (Å²) < 4.78 is 26.7. The fourth-order valence-corrected chi connectivity index (χ4v) is 4.56.